The lowest BCUT2D eigenvalue weighted by molar-refractivity contribution is -0.115. The average molecular weight is 372 g/mol. The first-order valence-corrected chi connectivity index (χ1v) is 8.44. The van der Waals surface area contributed by atoms with Crippen LogP contribution in [0.2, 0.25) is 5.02 Å². The standard InChI is InChI=1S/C20H18ClNO4/c1-25-20(24)15-8-7-14-11-17(22(26-2)19(23)18(14)12-15)9-6-13-4-3-5-16(21)10-13/h3-10,12,17H,11H2,1-2H3/b9-6+. The van der Waals surface area contributed by atoms with Crippen molar-refractivity contribution >= 4 is 29.6 Å². The van der Waals surface area contributed by atoms with Crippen LogP contribution in [0.3, 0.4) is 0 Å². The number of benzene rings is 2. The van der Waals surface area contributed by atoms with Gasteiger partial charge in [-0.2, -0.15) is 0 Å². The number of nitrogens with zero attached hydrogens (tertiary/aromatic N) is 1. The molecule has 2 aromatic rings. The summed E-state index contributed by atoms with van der Waals surface area (Å²) < 4.78 is 4.72. The molecule has 1 unspecified atom stereocenters. The van der Waals surface area contributed by atoms with E-state index >= 15 is 0 Å². The van der Waals surface area contributed by atoms with Gasteiger partial charge in [0.1, 0.15) is 0 Å². The second-order valence-electron chi connectivity index (χ2n) is 5.86. The van der Waals surface area contributed by atoms with E-state index in [0.717, 1.165) is 11.1 Å². The normalized spacial score (nSPS) is 16.7. The van der Waals surface area contributed by atoms with Crippen LogP contribution in [0.4, 0.5) is 0 Å². The minimum atomic E-state index is -0.479. The lowest BCUT2D eigenvalue weighted by Gasteiger charge is -2.32. The van der Waals surface area contributed by atoms with Gasteiger partial charge in [-0.1, -0.05) is 42.0 Å². The maximum Gasteiger partial charge on any atom is 0.337 e. The van der Waals surface area contributed by atoms with Crippen LogP contribution in [0.5, 0.6) is 0 Å². The third kappa shape index (κ3) is 3.64. The number of hydroxylamine groups is 2. The maximum atomic E-state index is 12.8. The number of methoxy groups -OCH3 is 1. The van der Waals surface area contributed by atoms with Gasteiger partial charge in [0.15, 0.2) is 0 Å². The summed E-state index contributed by atoms with van der Waals surface area (Å²) in [5.41, 5.74) is 2.58. The molecular weight excluding hydrogens is 354 g/mol. The molecule has 1 aliphatic heterocycles. The Morgan fingerprint density at radius 2 is 2.04 bits per heavy atom. The highest BCUT2D eigenvalue weighted by atomic mass is 35.5. The number of carbonyl (C=O) groups is 2. The van der Waals surface area contributed by atoms with Crippen LogP contribution in [-0.4, -0.2) is 37.2 Å². The van der Waals surface area contributed by atoms with Crippen molar-refractivity contribution in [3.8, 4) is 0 Å². The zero-order valence-electron chi connectivity index (χ0n) is 14.4. The van der Waals surface area contributed by atoms with Gasteiger partial charge in [-0.15, -0.1) is 0 Å². The SMILES string of the molecule is COC(=O)c1ccc2c(c1)C(=O)N(OC)C(/C=C/c1cccc(Cl)c1)C2. The van der Waals surface area contributed by atoms with Crippen molar-refractivity contribution in [1.82, 2.24) is 5.06 Å². The van der Waals surface area contributed by atoms with Crippen LogP contribution in [-0.2, 0) is 16.0 Å². The van der Waals surface area contributed by atoms with Crippen molar-refractivity contribution in [3.63, 3.8) is 0 Å². The van der Waals surface area contributed by atoms with Gasteiger partial charge in [0.05, 0.1) is 25.8 Å². The second-order valence-corrected chi connectivity index (χ2v) is 6.30. The molecule has 0 N–H and O–H groups in total. The smallest absolute Gasteiger partial charge is 0.337 e. The Labute approximate surface area is 156 Å². The summed E-state index contributed by atoms with van der Waals surface area (Å²) in [4.78, 5) is 29.8. The van der Waals surface area contributed by atoms with E-state index in [0.29, 0.717) is 22.6 Å². The highest BCUT2D eigenvalue weighted by molar-refractivity contribution is 6.30. The van der Waals surface area contributed by atoms with Gasteiger partial charge in [0, 0.05) is 10.6 Å². The molecule has 1 atom stereocenters. The number of esters is 1. The number of amides is 1. The first kappa shape index (κ1) is 18.2. The first-order chi connectivity index (χ1) is 12.5. The Balaban J connectivity index is 1.90. The Hall–Kier alpha value is -2.63. The molecule has 0 saturated carbocycles. The highest BCUT2D eigenvalue weighted by Gasteiger charge is 2.32. The monoisotopic (exact) mass is 371 g/mol. The molecule has 1 amide bonds. The summed E-state index contributed by atoms with van der Waals surface area (Å²) in [7, 11) is 2.76. The Morgan fingerprint density at radius 1 is 1.23 bits per heavy atom. The number of fused-ring (bicyclic) bond motifs is 1. The summed E-state index contributed by atoms with van der Waals surface area (Å²) in [5, 5.41) is 1.96. The molecule has 6 heteroatoms. The van der Waals surface area contributed by atoms with Crippen LogP contribution in [0.1, 0.15) is 31.8 Å². The average Bonchev–Trinajstić information content (AvgIpc) is 2.65. The van der Waals surface area contributed by atoms with Gasteiger partial charge >= 0.3 is 5.97 Å². The van der Waals surface area contributed by atoms with Crippen molar-refractivity contribution in [2.45, 2.75) is 12.5 Å². The molecule has 1 aliphatic rings. The van der Waals surface area contributed by atoms with Crippen molar-refractivity contribution in [1.29, 1.82) is 0 Å². The molecule has 1 heterocycles. The summed E-state index contributed by atoms with van der Waals surface area (Å²) >= 11 is 6.00. The topological polar surface area (TPSA) is 55.8 Å². The van der Waals surface area contributed by atoms with Crippen molar-refractivity contribution in [2.75, 3.05) is 14.2 Å². The zero-order chi connectivity index (χ0) is 18.7. The third-order valence-corrected chi connectivity index (χ3v) is 4.48. The molecule has 134 valence electrons. The van der Waals surface area contributed by atoms with E-state index in [1.54, 1.807) is 24.3 Å². The van der Waals surface area contributed by atoms with Crippen LogP contribution >= 0.6 is 11.6 Å². The molecule has 2 aromatic carbocycles. The molecule has 0 spiro atoms. The Morgan fingerprint density at radius 3 is 2.73 bits per heavy atom. The zero-order valence-corrected chi connectivity index (χ0v) is 15.2. The Bertz CT molecular complexity index is 878. The minimum Gasteiger partial charge on any atom is -0.465 e. The second kappa shape index (κ2) is 7.72. The fourth-order valence-corrected chi connectivity index (χ4v) is 3.17. The van der Waals surface area contributed by atoms with E-state index in [-0.39, 0.29) is 11.9 Å². The summed E-state index contributed by atoms with van der Waals surface area (Å²) in [6.45, 7) is 0. The summed E-state index contributed by atoms with van der Waals surface area (Å²) in [6.07, 6.45) is 4.39. The predicted octanol–water partition coefficient (Wildman–Crippen LogP) is 3.77. The summed E-state index contributed by atoms with van der Waals surface area (Å²) in [5.74, 6) is -0.771. The third-order valence-electron chi connectivity index (χ3n) is 4.25. The lowest BCUT2D eigenvalue weighted by atomic mass is 9.92. The van der Waals surface area contributed by atoms with Gasteiger partial charge in [-0.05, 0) is 41.8 Å². The molecule has 0 aromatic heterocycles. The van der Waals surface area contributed by atoms with E-state index in [2.05, 4.69) is 0 Å². The number of hydrogen-bond donors (Lipinski definition) is 0. The molecule has 3 rings (SSSR count). The number of rotatable bonds is 4. The minimum absolute atomic E-state index is 0.261. The van der Waals surface area contributed by atoms with Crippen LogP contribution < -0.4 is 0 Å². The molecular formula is C20H18ClNO4. The quantitative estimate of drug-likeness (QED) is 0.768. The van der Waals surface area contributed by atoms with Crippen molar-refractivity contribution < 1.29 is 19.2 Å². The van der Waals surface area contributed by atoms with Crippen LogP contribution in [0, 0.1) is 0 Å². The highest BCUT2D eigenvalue weighted by Crippen LogP contribution is 2.26. The number of ether oxygens (including phenoxy) is 1. The molecule has 0 aliphatic carbocycles. The molecule has 26 heavy (non-hydrogen) atoms. The van der Waals surface area contributed by atoms with Crippen molar-refractivity contribution in [2.24, 2.45) is 0 Å². The van der Waals surface area contributed by atoms with E-state index in [4.69, 9.17) is 21.2 Å². The molecule has 0 fully saturated rings. The van der Waals surface area contributed by atoms with Gasteiger partial charge in [0.25, 0.3) is 5.91 Å². The van der Waals surface area contributed by atoms with Gasteiger partial charge in [-0.3, -0.25) is 9.63 Å². The van der Waals surface area contributed by atoms with Gasteiger partial charge in [0.2, 0.25) is 0 Å². The van der Waals surface area contributed by atoms with E-state index in [1.807, 2.05) is 30.4 Å². The molecule has 0 radical (unpaired) electrons. The van der Waals surface area contributed by atoms with E-state index in [1.165, 1.54) is 19.3 Å². The number of halogens is 1. The first-order valence-electron chi connectivity index (χ1n) is 8.06. The van der Waals surface area contributed by atoms with E-state index in [9.17, 15) is 9.59 Å². The summed E-state index contributed by atoms with van der Waals surface area (Å²) in [6, 6.07) is 12.2. The molecule has 5 nitrogen and oxygen atoms in total. The Kier molecular flexibility index (Phi) is 5.40. The number of hydrogen-bond acceptors (Lipinski definition) is 4. The fraction of sp³-hybridized carbons (Fsp3) is 0.200. The maximum absolute atomic E-state index is 12.8. The molecule has 0 saturated heterocycles. The van der Waals surface area contributed by atoms with E-state index < -0.39 is 5.97 Å². The predicted molar refractivity (Wildman–Crippen MR) is 98.9 cm³/mol. The van der Waals surface area contributed by atoms with Gasteiger partial charge < -0.3 is 4.74 Å². The van der Waals surface area contributed by atoms with Crippen LogP contribution in [0.15, 0.2) is 48.5 Å². The lowest BCUT2D eigenvalue weighted by Crippen LogP contribution is -2.44. The largest absolute Gasteiger partial charge is 0.465 e. The van der Waals surface area contributed by atoms with Crippen molar-refractivity contribution in [3.05, 3.63) is 75.8 Å². The van der Waals surface area contributed by atoms with Crippen LogP contribution in [0.25, 0.3) is 6.08 Å². The molecule has 0 bridgehead atoms. The van der Waals surface area contributed by atoms with Gasteiger partial charge in [-0.25, -0.2) is 9.86 Å². The number of carbonyl (C=O) groups excluding carboxylic acids is 2. The fourth-order valence-electron chi connectivity index (χ4n) is 2.97.